The second-order valence-electron chi connectivity index (χ2n) is 7.95. The zero-order chi connectivity index (χ0) is 22.5. The molecular formula is C25H31N5O. The van der Waals surface area contributed by atoms with Crippen molar-refractivity contribution in [3.63, 3.8) is 0 Å². The molecular weight excluding hydrogens is 386 g/mol. The molecule has 2 aromatic carbocycles. The Kier molecular flexibility index (Phi) is 6.90. The largest absolute Gasteiger partial charge is 0.326 e. The van der Waals surface area contributed by atoms with E-state index in [1.54, 1.807) is 6.07 Å². The number of amides is 1. The minimum Gasteiger partial charge on any atom is -0.326 e. The topological polar surface area (TPSA) is 71.3 Å². The van der Waals surface area contributed by atoms with Gasteiger partial charge >= 0.3 is 0 Å². The van der Waals surface area contributed by atoms with Crippen molar-refractivity contribution in [1.82, 2.24) is 15.1 Å². The maximum Gasteiger partial charge on any atom is 0.257 e. The summed E-state index contributed by atoms with van der Waals surface area (Å²) in [5, 5.41) is 10.8. The first kappa shape index (κ1) is 22.3. The molecule has 2 N–H and O–H groups in total. The average Bonchev–Trinajstić information content (AvgIpc) is 2.98. The monoisotopic (exact) mass is 417 g/mol. The van der Waals surface area contributed by atoms with E-state index < -0.39 is 0 Å². The van der Waals surface area contributed by atoms with Crippen molar-refractivity contribution in [3.05, 3.63) is 81.7 Å². The number of guanidine groups is 1. The number of rotatable bonds is 5. The number of carbonyl (C=O) groups excluding carboxylic acids is 1. The highest BCUT2D eigenvalue weighted by Crippen LogP contribution is 2.16. The Morgan fingerprint density at radius 3 is 2.32 bits per heavy atom. The molecule has 0 aliphatic rings. The first-order chi connectivity index (χ1) is 14.8. The van der Waals surface area contributed by atoms with E-state index in [1.165, 1.54) is 0 Å². The van der Waals surface area contributed by atoms with Crippen LogP contribution in [-0.2, 0) is 13.1 Å². The maximum absolute atomic E-state index is 12.9. The van der Waals surface area contributed by atoms with E-state index in [4.69, 9.17) is 4.99 Å². The van der Waals surface area contributed by atoms with Crippen LogP contribution in [0.15, 0.2) is 47.5 Å². The number of aliphatic imine (C=N–C) groups is 1. The molecule has 0 atom stereocenters. The average molecular weight is 418 g/mol. The number of hydrogen-bond acceptors (Lipinski definition) is 3. The molecule has 0 radical (unpaired) electrons. The van der Waals surface area contributed by atoms with Gasteiger partial charge in [-0.15, -0.1) is 0 Å². The summed E-state index contributed by atoms with van der Waals surface area (Å²) < 4.78 is 1.97. The molecule has 162 valence electrons. The van der Waals surface area contributed by atoms with Crippen molar-refractivity contribution in [2.24, 2.45) is 4.99 Å². The van der Waals surface area contributed by atoms with Gasteiger partial charge in [0.1, 0.15) is 0 Å². The molecule has 0 spiro atoms. The number of anilines is 1. The van der Waals surface area contributed by atoms with Gasteiger partial charge in [0.2, 0.25) is 5.96 Å². The summed E-state index contributed by atoms with van der Waals surface area (Å²) in [7, 11) is 0. The lowest BCUT2D eigenvalue weighted by molar-refractivity contribution is 0.0977. The number of nitrogens with one attached hydrogen (secondary N) is 2. The highest BCUT2D eigenvalue weighted by atomic mass is 16.1. The number of carbonyl (C=O) groups is 1. The molecule has 1 aromatic heterocycles. The highest BCUT2D eigenvalue weighted by molar-refractivity contribution is 6.10. The fraction of sp³-hybridized carbons (Fsp3) is 0.320. The summed E-state index contributed by atoms with van der Waals surface area (Å²) in [6.45, 7) is 13.4. The summed E-state index contributed by atoms with van der Waals surface area (Å²) in [6, 6.07) is 13.7. The van der Waals surface area contributed by atoms with E-state index in [0.717, 1.165) is 45.9 Å². The number of benzene rings is 2. The number of aromatic nitrogens is 2. The SMILES string of the molecule is CCn1nc(C)c(CN=C(NC(=O)c2cccc(C)c2)Nc2cc(C)cc(C)c2)c1C. The van der Waals surface area contributed by atoms with Crippen LogP contribution in [0.2, 0.25) is 0 Å². The first-order valence-electron chi connectivity index (χ1n) is 10.6. The van der Waals surface area contributed by atoms with Crippen molar-refractivity contribution in [2.45, 2.75) is 54.6 Å². The van der Waals surface area contributed by atoms with Crippen LogP contribution in [0.5, 0.6) is 0 Å². The normalized spacial score (nSPS) is 11.5. The summed E-state index contributed by atoms with van der Waals surface area (Å²) in [5.74, 6) is 0.219. The maximum atomic E-state index is 12.9. The molecule has 0 aliphatic heterocycles. The lowest BCUT2D eigenvalue weighted by Gasteiger charge is -2.13. The summed E-state index contributed by atoms with van der Waals surface area (Å²) in [5.41, 5.74) is 7.93. The Bertz CT molecular complexity index is 1110. The second-order valence-corrected chi connectivity index (χ2v) is 7.95. The molecule has 0 unspecified atom stereocenters. The van der Waals surface area contributed by atoms with Crippen LogP contribution in [0.25, 0.3) is 0 Å². The molecule has 1 heterocycles. The second kappa shape index (κ2) is 9.60. The van der Waals surface area contributed by atoms with E-state index >= 15 is 0 Å². The Morgan fingerprint density at radius 2 is 1.71 bits per heavy atom. The predicted molar refractivity (Wildman–Crippen MR) is 127 cm³/mol. The van der Waals surface area contributed by atoms with Crippen LogP contribution < -0.4 is 10.6 Å². The fourth-order valence-corrected chi connectivity index (χ4v) is 3.69. The van der Waals surface area contributed by atoms with E-state index in [9.17, 15) is 4.79 Å². The van der Waals surface area contributed by atoms with Crippen LogP contribution >= 0.6 is 0 Å². The van der Waals surface area contributed by atoms with E-state index in [1.807, 2.05) is 62.7 Å². The lowest BCUT2D eigenvalue weighted by atomic mass is 10.1. The Morgan fingerprint density at radius 1 is 1.00 bits per heavy atom. The number of aryl methyl sites for hydroxylation is 5. The zero-order valence-corrected chi connectivity index (χ0v) is 19.2. The third-order valence-electron chi connectivity index (χ3n) is 5.22. The molecule has 31 heavy (non-hydrogen) atoms. The highest BCUT2D eigenvalue weighted by Gasteiger charge is 2.13. The van der Waals surface area contributed by atoms with Gasteiger partial charge in [-0.2, -0.15) is 5.10 Å². The Hall–Kier alpha value is -3.41. The predicted octanol–water partition coefficient (Wildman–Crippen LogP) is 4.84. The standard InChI is InChI=1S/C25H31N5O/c1-7-30-20(6)23(19(5)29-30)15-26-25(27-22-13-17(3)11-18(4)14-22)28-24(31)21-10-8-9-16(2)12-21/h8-14H,7,15H2,1-6H3,(H2,26,27,28,31). The first-order valence-corrected chi connectivity index (χ1v) is 10.6. The van der Waals surface area contributed by atoms with Gasteiger partial charge in [-0.25, -0.2) is 4.99 Å². The third kappa shape index (κ3) is 5.60. The van der Waals surface area contributed by atoms with Crippen LogP contribution in [0.3, 0.4) is 0 Å². The molecule has 1 amide bonds. The lowest BCUT2D eigenvalue weighted by Crippen LogP contribution is -2.36. The quantitative estimate of drug-likeness (QED) is 0.461. The van der Waals surface area contributed by atoms with Gasteiger partial charge in [0.25, 0.3) is 5.91 Å². The molecule has 0 fully saturated rings. The van der Waals surface area contributed by atoms with Gasteiger partial charge in [0.05, 0.1) is 12.2 Å². The molecule has 3 rings (SSSR count). The molecule has 0 saturated carbocycles. The molecule has 0 bridgehead atoms. The van der Waals surface area contributed by atoms with Crippen LogP contribution in [0.1, 0.15) is 50.9 Å². The van der Waals surface area contributed by atoms with Crippen molar-refractivity contribution in [3.8, 4) is 0 Å². The molecule has 3 aromatic rings. The van der Waals surface area contributed by atoms with Crippen LogP contribution in [0.4, 0.5) is 5.69 Å². The Labute approximate surface area is 184 Å². The van der Waals surface area contributed by atoms with E-state index in [-0.39, 0.29) is 5.91 Å². The van der Waals surface area contributed by atoms with Gasteiger partial charge in [0.15, 0.2) is 0 Å². The van der Waals surface area contributed by atoms with Crippen LogP contribution in [0, 0.1) is 34.6 Å². The molecule has 6 nitrogen and oxygen atoms in total. The fourth-order valence-electron chi connectivity index (χ4n) is 3.69. The van der Waals surface area contributed by atoms with Crippen molar-refractivity contribution in [1.29, 1.82) is 0 Å². The summed E-state index contributed by atoms with van der Waals surface area (Å²) in [4.78, 5) is 17.6. The van der Waals surface area contributed by atoms with Gasteiger partial charge in [-0.05, 0) is 76.9 Å². The minimum absolute atomic E-state index is 0.197. The number of hydrogen-bond donors (Lipinski definition) is 2. The third-order valence-corrected chi connectivity index (χ3v) is 5.22. The van der Waals surface area contributed by atoms with Gasteiger partial charge in [-0.3, -0.25) is 14.8 Å². The summed E-state index contributed by atoms with van der Waals surface area (Å²) >= 11 is 0. The van der Waals surface area contributed by atoms with Gasteiger partial charge in [-0.1, -0.05) is 23.8 Å². The summed E-state index contributed by atoms with van der Waals surface area (Å²) in [6.07, 6.45) is 0. The van der Waals surface area contributed by atoms with Crippen molar-refractivity contribution in [2.75, 3.05) is 5.32 Å². The minimum atomic E-state index is -0.197. The zero-order valence-electron chi connectivity index (χ0n) is 19.2. The van der Waals surface area contributed by atoms with Crippen molar-refractivity contribution >= 4 is 17.6 Å². The van der Waals surface area contributed by atoms with Gasteiger partial charge < -0.3 is 5.32 Å². The molecule has 0 saturated heterocycles. The van der Waals surface area contributed by atoms with Crippen molar-refractivity contribution < 1.29 is 4.79 Å². The molecule has 6 heteroatoms. The Balaban J connectivity index is 1.90. The van der Waals surface area contributed by atoms with E-state index in [2.05, 4.69) is 35.6 Å². The smallest absolute Gasteiger partial charge is 0.257 e. The van der Waals surface area contributed by atoms with E-state index in [0.29, 0.717) is 18.1 Å². The van der Waals surface area contributed by atoms with Gasteiger partial charge in [0, 0.05) is 29.1 Å². The van der Waals surface area contributed by atoms with Crippen LogP contribution in [-0.4, -0.2) is 21.6 Å². The molecule has 0 aliphatic carbocycles. The number of nitrogens with zero attached hydrogens (tertiary/aromatic N) is 3.